The van der Waals surface area contributed by atoms with Gasteiger partial charge in [-0.05, 0) is 18.1 Å². The zero-order chi connectivity index (χ0) is 9.26. The van der Waals surface area contributed by atoms with E-state index in [0.29, 0.717) is 0 Å². The first-order valence-electron chi connectivity index (χ1n) is 4.32. The van der Waals surface area contributed by atoms with Gasteiger partial charge in [0.1, 0.15) is 6.54 Å². The van der Waals surface area contributed by atoms with Gasteiger partial charge in [-0.25, -0.2) is 0 Å². The van der Waals surface area contributed by atoms with Gasteiger partial charge < -0.3 is 22.4 Å². The number of fused-ring (bicyclic) bond motifs is 1. The van der Waals surface area contributed by atoms with Crippen molar-refractivity contribution >= 4 is 11.7 Å². The summed E-state index contributed by atoms with van der Waals surface area (Å²) >= 11 is 0. The van der Waals surface area contributed by atoms with E-state index in [1.807, 2.05) is 23.1 Å². The van der Waals surface area contributed by atoms with Crippen molar-refractivity contribution < 1.29 is 22.3 Å². The van der Waals surface area contributed by atoms with Crippen LogP contribution in [-0.4, -0.2) is 24.2 Å². The fourth-order valence-corrected chi connectivity index (χ4v) is 1.73. The maximum Gasteiger partial charge on any atom is 0.323 e. The monoisotopic (exact) mass is 212 g/mol. The molecule has 0 saturated carbocycles. The highest BCUT2D eigenvalue weighted by Crippen LogP contribution is 2.26. The summed E-state index contributed by atoms with van der Waals surface area (Å²) in [6, 6.07) is 7.96. The minimum Gasteiger partial charge on any atom is -1.00 e. The highest BCUT2D eigenvalue weighted by Gasteiger charge is 2.19. The highest BCUT2D eigenvalue weighted by atomic mass is 35.5. The number of hydrogen-bond acceptors (Lipinski definition) is 2. The lowest BCUT2D eigenvalue weighted by Crippen LogP contribution is -3.00. The second-order valence-electron chi connectivity index (χ2n) is 3.19. The summed E-state index contributed by atoms with van der Waals surface area (Å²) in [7, 11) is 0. The number of nitrogens with zero attached hydrogens (tertiary/aromatic N) is 1. The number of hydrogen-bond donors (Lipinski definition) is 1. The zero-order valence-corrected chi connectivity index (χ0v) is 8.37. The van der Waals surface area contributed by atoms with Gasteiger partial charge in [0, 0.05) is 12.2 Å². The number of aliphatic carboxylic acids is 1. The average Bonchev–Trinajstić information content (AvgIpc) is 2.48. The second kappa shape index (κ2) is 4.33. The number of carboxylic acids is 1. The predicted molar refractivity (Wildman–Crippen MR) is 50.0 cm³/mol. The van der Waals surface area contributed by atoms with Crippen molar-refractivity contribution in [2.45, 2.75) is 6.42 Å². The summed E-state index contributed by atoms with van der Waals surface area (Å²) in [6.07, 6.45) is 0.962. The smallest absolute Gasteiger partial charge is 0.323 e. The van der Waals surface area contributed by atoms with E-state index in [-0.39, 0.29) is 19.0 Å². The molecule has 1 aromatic rings. The first-order valence-corrected chi connectivity index (χ1v) is 4.32. The van der Waals surface area contributed by atoms with Crippen molar-refractivity contribution in [3.63, 3.8) is 0 Å². The van der Waals surface area contributed by atoms with E-state index in [2.05, 4.69) is 6.07 Å². The SMILES string of the molecule is O=C(O)CN1CCc2ccccc21.[Cl-]. The molecule has 0 aliphatic carbocycles. The van der Waals surface area contributed by atoms with Gasteiger partial charge in [0.05, 0.1) is 0 Å². The molecule has 0 bridgehead atoms. The van der Waals surface area contributed by atoms with E-state index in [9.17, 15) is 4.79 Å². The quantitative estimate of drug-likeness (QED) is 0.625. The Morgan fingerprint density at radius 1 is 1.43 bits per heavy atom. The van der Waals surface area contributed by atoms with Crippen LogP contribution in [0.1, 0.15) is 5.56 Å². The van der Waals surface area contributed by atoms with E-state index >= 15 is 0 Å². The Hall–Kier alpha value is -1.22. The number of carbonyl (C=O) groups is 1. The Balaban J connectivity index is 0.000000980. The summed E-state index contributed by atoms with van der Waals surface area (Å²) in [5.74, 6) is -0.767. The van der Waals surface area contributed by atoms with Gasteiger partial charge in [-0.2, -0.15) is 0 Å². The summed E-state index contributed by atoms with van der Waals surface area (Å²) < 4.78 is 0. The predicted octanol–water partition coefficient (Wildman–Crippen LogP) is -1.86. The van der Waals surface area contributed by atoms with Crippen LogP contribution in [0.4, 0.5) is 5.69 Å². The van der Waals surface area contributed by atoms with Gasteiger partial charge in [-0.15, -0.1) is 0 Å². The molecule has 1 aromatic carbocycles. The minimum atomic E-state index is -0.767. The lowest BCUT2D eigenvalue weighted by molar-refractivity contribution is -0.135. The number of anilines is 1. The number of rotatable bonds is 2. The van der Waals surface area contributed by atoms with E-state index < -0.39 is 5.97 Å². The number of halogens is 1. The van der Waals surface area contributed by atoms with Gasteiger partial charge in [0.2, 0.25) is 0 Å². The number of benzene rings is 1. The van der Waals surface area contributed by atoms with Crippen molar-refractivity contribution in [3.05, 3.63) is 29.8 Å². The molecule has 1 heterocycles. The molecule has 0 amide bonds. The molecule has 0 spiro atoms. The first-order chi connectivity index (χ1) is 6.27. The molecule has 1 aliphatic rings. The van der Waals surface area contributed by atoms with Crippen LogP contribution in [-0.2, 0) is 11.2 Å². The molecule has 3 nitrogen and oxygen atoms in total. The lowest BCUT2D eigenvalue weighted by Gasteiger charge is -2.15. The van der Waals surface area contributed by atoms with Crippen molar-refractivity contribution in [2.75, 3.05) is 18.0 Å². The van der Waals surface area contributed by atoms with E-state index in [1.165, 1.54) is 5.56 Å². The molecule has 0 atom stereocenters. The Bertz CT molecular complexity index is 341. The van der Waals surface area contributed by atoms with Crippen LogP contribution < -0.4 is 17.3 Å². The van der Waals surface area contributed by atoms with Crippen LogP contribution in [0.5, 0.6) is 0 Å². The van der Waals surface area contributed by atoms with E-state index in [0.717, 1.165) is 18.7 Å². The third-order valence-corrected chi connectivity index (χ3v) is 2.31. The maximum absolute atomic E-state index is 10.5. The molecule has 0 unspecified atom stereocenters. The number of carboxylic acid groups (broad SMARTS) is 1. The van der Waals surface area contributed by atoms with Crippen LogP contribution in [0.15, 0.2) is 24.3 Å². The first kappa shape index (κ1) is 10.9. The fraction of sp³-hybridized carbons (Fsp3) is 0.300. The van der Waals surface area contributed by atoms with Crippen LogP contribution in [0, 0.1) is 0 Å². The number of para-hydroxylation sites is 1. The molecule has 0 aromatic heterocycles. The van der Waals surface area contributed by atoms with Gasteiger partial charge in [-0.1, -0.05) is 18.2 Å². The zero-order valence-electron chi connectivity index (χ0n) is 7.61. The van der Waals surface area contributed by atoms with Crippen LogP contribution in [0.25, 0.3) is 0 Å². The third-order valence-electron chi connectivity index (χ3n) is 2.31. The molecule has 4 heteroatoms. The summed E-state index contributed by atoms with van der Waals surface area (Å²) in [4.78, 5) is 12.4. The lowest BCUT2D eigenvalue weighted by atomic mass is 10.2. The molecule has 0 fully saturated rings. The average molecular weight is 213 g/mol. The molecule has 0 saturated heterocycles. The van der Waals surface area contributed by atoms with Gasteiger partial charge in [0.15, 0.2) is 0 Å². The van der Waals surface area contributed by atoms with Gasteiger partial charge in [-0.3, -0.25) is 4.79 Å². The van der Waals surface area contributed by atoms with Crippen molar-refractivity contribution in [1.82, 2.24) is 0 Å². The van der Waals surface area contributed by atoms with Crippen LogP contribution in [0.2, 0.25) is 0 Å². The van der Waals surface area contributed by atoms with E-state index in [1.54, 1.807) is 0 Å². The van der Waals surface area contributed by atoms with Crippen molar-refractivity contribution in [3.8, 4) is 0 Å². The molecular weight excluding hydrogens is 202 g/mol. The van der Waals surface area contributed by atoms with Gasteiger partial charge in [0.25, 0.3) is 0 Å². The van der Waals surface area contributed by atoms with E-state index in [4.69, 9.17) is 5.11 Å². The maximum atomic E-state index is 10.5. The fourth-order valence-electron chi connectivity index (χ4n) is 1.73. The summed E-state index contributed by atoms with van der Waals surface area (Å²) in [5, 5.41) is 8.66. The Morgan fingerprint density at radius 2 is 2.14 bits per heavy atom. The van der Waals surface area contributed by atoms with Crippen molar-refractivity contribution in [1.29, 1.82) is 0 Å². The molecule has 76 valence electrons. The molecule has 1 N–H and O–H groups in total. The summed E-state index contributed by atoms with van der Waals surface area (Å²) in [6.45, 7) is 0.933. The summed E-state index contributed by atoms with van der Waals surface area (Å²) in [5.41, 5.74) is 2.33. The van der Waals surface area contributed by atoms with Crippen molar-refractivity contribution in [2.24, 2.45) is 0 Å². The Kier molecular flexibility index (Phi) is 3.36. The molecule has 0 radical (unpaired) electrons. The normalized spacial score (nSPS) is 13.3. The Labute approximate surface area is 88.8 Å². The molecular formula is C10H11ClNO2-. The molecule has 1 aliphatic heterocycles. The van der Waals surface area contributed by atoms with Crippen LogP contribution in [0.3, 0.4) is 0 Å². The molecule has 14 heavy (non-hydrogen) atoms. The highest BCUT2D eigenvalue weighted by molar-refractivity contribution is 5.75. The Morgan fingerprint density at radius 3 is 2.86 bits per heavy atom. The second-order valence-corrected chi connectivity index (χ2v) is 3.19. The minimum absolute atomic E-state index is 0. The largest absolute Gasteiger partial charge is 1.00 e. The third kappa shape index (κ3) is 1.99. The topological polar surface area (TPSA) is 40.5 Å². The molecule has 2 rings (SSSR count). The standard InChI is InChI=1S/C10H11NO2.ClH/c12-10(13)7-11-6-5-8-3-1-2-4-9(8)11;/h1-4H,5-7H2,(H,12,13);1H/p-1. The van der Waals surface area contributed by atoms with Crippen LogP contribution >= 0.6 is 0 Å². The van der Waals surface area contributed by atoms with Gasteiger partial charge >= 0.3 is 5.97 Å².